The van der Waals surface area contributed by atoms with Gasteiger partial charge in [-0.15, -0.1) is 0 Å². The van der Waals surface area contributed by atoms with Gasteiger partial charge in [-0.05, 0) is 63.5 Å². The van der Waals surface area contributed by atoms with Crippen LogP contribution in [0.4, 0.5) is 0 Å². The molecule has 2 aliphatic rings. The van der Waals surface area contributed by atoms with E-state index in [0.717, 1.165) is 11.3 Å². The van der Waals surface area contributed by atoms with Crippen molar-refractivity contribution < 1.29 is 14.0 Å². The highest BCUT2D eigenvalue weighted by Gasteiger charge is 2.28. The average Bonchev–Trinajstić information content (AvgIpc) is 3.39. The van der Waals surface area contributed by atoms with Crippen molar-refractivity contribution >= 4 is 17.9 Å². The van der Waals surface area contributed by atoms with Gasteiger partial charge in [-0.3, -0.25) is 9.59 Å². The maximum Gasteiger partial charge on any atom is 0.289 e. The smallest absolute Gasteiger partial charge is 0.289 e. The topological polar surface area (TPSA) is 82.5 Å². The van der Waals surface area contributed by atoms with Crippen LogP contribution in [0.5, 0.6) is 0 Å². The number of rotatable bonds is 4. The molecular formula is C26H32N4O3. The van der Waals surface area contributed by atoms with Gasteiger partial charge in [0.05, 0.1) is 0 Å². The molecule has 1 saturated carbocycles. The monoisotopic (exact) mass is 448 g/mol. The predicted octanol–water partition coefficient (Wildman–Crippen LogP) is 4.40. The number of piperazine rings is 1. The van der Waals surface area contributed by atoms with E-state index >= 15 is 0 Å². The Morgan fingerprint density at radius 3 is 2.30 bits per heavy atom. The van der Waals surface area contributed by atoms with Crippen LogP contribution in [-0.2, 0) is 4.79 Å². The summed E-state index contributed by atoms with van der Waals surface area (Å²) in [6, 6.07) is 8.14. The molecular weight excluding hydrogens is 416 g/mol. The largest absolute Gasteiger partial charge is 0.456 e. The second kappa shape index (κ2) is 9.70. The third kappa shape index (κ3) is 4.75. The van der Waals surface area contributed by atoms with Gasteiger partial charge in [0, 0.05) is 43.6 Å². The Hall–Kier alpha value is -3.27. The van der Waals surface area contributed by atoms with Crippen LogP contribution in [0.3, 0.4) is 0 Å². The van der Waals surface area contributed by atoms with Gasteiger partial charge in [0.25, 0.3) is 11.8 Å². The van der Waals surface area contributed by atoms with Gasteiger partial charge in [-0.2, -0.15) is 5.26 Å². The number of hydrogen-bond acceptors (Lipinski definition) is 4. The van der Waals surface area contributed by atoms with Gasteiger partial charge in [0.15, 0.2) is 5.76 Å². The average molecular weight is 449 g/mol. The molecule has 7 heteroatoms. The van der Waals surface area contributed by atoms with Crippen LogP contribution < -0.4 is 0 Å². The molecule has 33 heavy (non-hydrogen) atoms. The van der Waals surface area contributed by atoms with Gasteiger partial charge >= 0.3 is 0 Å². The number of nitrogens with zero attached hydrogens (tertiary/aromatic N) is 4. The van der Waals surface area contributed by atoms with Gasteiger partial charge in [-0.25, -0.2) is 0 Å². The highest BCUT2D eigenvalue weighted by Crippen LogP contribution is 2.32. The predicted molar refractivity (Wildman–Crippen MR) is 126 cm³/mol. The number of aryl methyl sites for hydroxylation is 2. The van der Waals surface area contributed by atoms with E-state index in [0.29, 0.717) is 43.7 Å². The van der Waals surface area contributed by atoms with Crippen LogP contribution in [0, 0.1) is 32.1 Å². The zero-order chi connectivity index (χ0) is 23.5. The summed E-state index contributed by atoms with van der Waals surface area (Å²) in [5.41, 5.74) is 3.37. The highest BCUT2D eigenvalue weighted by molar-refractivity contribution is 6.02. The molecule has 1 saturated heterocycles. The molecule has 174 valence electrons. The molecule has 0 N–H and O–H groups in total. The van der Waals surface area contributed by atoms with E-state index in [-0.39, 0.29) is 17.4 Å². The van der Waals surface area contributed by atoms with E-state index in [9.17, 15) is 14.9 Å². The maximum absolute atomic E-state index is 13.1. The number of carbonyl (C=O) groups excluding carboxylic acids is 2. The quantitative estimate of drug-likeness (QED) is 0.513. The lowest BCUT2D eigenvalue weighted by molar-refractivity contribution is -0.128. The second-order valence-electron chi connectivity index (χ2n) is 9.15. The van der Waals surface area contributed by atoms with E-state index in [4.69, 9.17) is 4.42 Å². The minimum absolute atomic E-state index is 0.139. The van der Waals surface area contributed by atoms with Gasteiger partial charge in [-0.1, -0.05) is 19.3 Å². The van der Waals surface area contributed by atoms with E-state index in [1.165, 1.54) is 37.8 Å². The van der Waals surface area contributed by atoms with Crippen molar-refractivity contribution in [3.63, 3.8) is 0 Å². The Labute approximate surface area is 195 Å². The zero-order valence-electron chi connectivity index (χ0n) is 19.8. The number of amides is 2. The lowest BCUT2D eigenvalue weighted by Gasteiger charge is -2.34. The molecule has 2 fully saturated rings. The first-order valence-electron chi connectivity index (χ1n) is 11.8. The molecule has 1 aliphatic carbocycles. The van der Waals surface area contributed by atoms with Crippen molar-refractivity contribution in [3.05, 3.63) is 52.2 Å². The summed E-state index contributed by atoms with van der Waals surface area (Å²) < 4.78 is 7.82. The molecule has 0 unspecified atom stereocenters. The summed E-state index contributed by atoms with van der Waals surface area (Å²) in [7, 11) is 0. The number of hydrogen-bond donors (Lipinski definition) is 0. The Bertz CT molecular complexity index is 1100. The molecule has 0 spiro atoms. The van der Waals surface area contributed by atoms with Crippen LogP contribution in [0.25, 0.3) is 6.08 Å². The summed E-state index contributed by atoms with van der Waals surface area (Å²) >= 11 is 0. The van der Waals surface area contributed by atoms with Gasteiger partial charge in [0.1, 0.15) is 17.4 Å². The standard InChI is InChI=1S/C26H32N4O3/c1-18-15-21(20(3)30(18)23-7-5-4-6-8-23)16-22(17-27)25(31)28-11-13-29(14-12-28)26(32)24-10-9-19(2)33-24/h9-10,15-16,23H,4-8,11-14H2,1-3H3/b22-16+. The van der Waals surface area contributed by atoms with E-state index in [2.05, 4.69) is 30.6 Å². The maximum atomic E-state index is 13.1. The minimum Gasteiger partial charge on any atom is -0.456 e. The van der Waals surface area contributed by atoms with Crippen LogP contribution in [0.2, 0.25) is 0 Å². The summed E-state index contributed by atoms with van der Waals surface area (Å²) in [4.78, 5) is 29.0. The first kappa shape index (κ1) is 22.9. The molecule has 4 rings (SSSR count). The highest BCUT2D eigenvalue weighted by atomic mass is 16.3. The SMILES string of the molecule is Cc1ccc(C(=O)N2CCN(C(=O)/C(C#N)=C/c3cc(C)n(C4CCCCC4)c3C)CC2)o1. The van der Waals surface area contributed by atoms with Gasteiger partial charge in [0.2, 0.25) is 0 Å². The molecule has 1 aliphatic heterocycles. The molecule has 2 aromatic rings. The Kier molecular flexibility index (Phi) is 6.73. The summed E-state index contributed by atoms with van der Waals surface area (Å²) in [5.74, 6) is 0.569. The lowest BCUT2D eigenvalue weighted by Crippen LogP contribution is -2.50. The van der Waals surface area contributed by atoms with Crippen LogP contribution >= 0.6 is 0 Å². The van der Waals surface area contributed by atoms with E-state index in [1.54, 1.807) is 34.9 Å². The van der Waals surface area contributed by atoms with Crippen molar-refractivity contribution in [1.29, 1.82) is 5.26 Å². The van der Waals surface area contributed by atoms with Gasteiger partial charge < -0.3 is 18.8 Å². The third-order valence-electron chi connectivity index (χ3n) is 6.92. The number of carbonyl (C=O) groups is 2. The lowest BCUT2D eigenvalue weighted by atomic mass is 9.95. The summed E-state index contributed by atoms with van der Waals surface area (Å²) in [6.45, 7) is 7.60. The third-order valence-corrected chi connectivity index (χ3v) is 6.92. The van der Waals surface area contributed by atoms with Crippen molar-refractivity contribution in [1.82, 2.24) is 14.4 Å². The van der Waals surface area contributed by atoms with E-state index < -0.39 is 0 Å². The molecule has 0 aromatic carbocycles. The van der Waals surface area contributed by atoms with Crippen LogP contribution in [0.15, 0.2) is 28.2 Å². The molecule has 2 aromatic heterocycles. The number of furan rings is 1. The van der Waals surface area contributed by atoms with Crippen LogP contribution in [0.1, 0.15) is 71.4 Å². The Morgan fingerprint density at radius 1 is 1.03 bits per heavy atom. The van der Waals surface area contributed by atoms with E-state index in [1.807, 2.05) is 0 Å². The summed E-state index contributed by atoms with van der Waals surface area (Å²) in [5, 5.41) is 9.75. The minimum atomic E-state index is -0.277. The second-order valence-corrected chi connectivity index (χ2v) is 9.15. The fourth-order valence-corrected chi connectivity index (χ4v) is 5.14. The molecule has 2 amide bonds. The Morgan fingerprint density at radius 2 is 1.70 bits per heavy atom. The number of nitriles is 1. The summed E-state index contributed by atoms with van der Waals surface area (Å²) in [6.07, 6.45) is 7.91. The first-order valence-corrected chi connectivity index (χ1v) is 11.8. The van der Waals surface area contributed by atoms with Crippen molar-refractivity contribution in [2.45, 2.75) is 58.9 Å². The fourth-order valence-electron chi connectivity index (χ4n) is 5.14. The normalized spacial score (nSPS) is 17.8. The zero-order valence-corrected chi connectivity index (χ0v) is 19.8. The van der Waals surface area contributed by atoms with Crippen molar-refractivity contribution in [2.75, 3.05) is 26.2 Å². The van der Waals surface area contributed by atoms with Crippen LogP contribution in [-0.4, -0.2) is 52.4 Å². The fraction of sp³-hybridized carbons (Fsp3) is 0.500. The molecule has 3 heterocycles. The Balaban J connectivity index is 1.45. The van der Waals surface area contributed by atoms with Crippen molar-refractivity contribution in [3.8, 4) is 6.07 Å². The first-order chi connectivity index (χ1) is 15.9. The molecule has 7 nitrogen and oxygen atoms in total. The molecule has 0 bridgehead atoms. The molecule has 0 atom stereocenters. The van der Waals surface area contributed by atoms with Crippen molar-refractivity contribution in [2.24, 2.45) is 0 Å². The molecule has 0 radical (unpaired) electrons. The number of aromatic nitrogens is 1.